The third kappa shape index (κ3) is 4.66. The van der Waals surface area contributed by atoms with Crippen LogP contribution in [0.25, 0.3) is 0 Å². The second-order valence-electron chi connectivity index (χ2n) is 3.72. The van der Waals surface area contributed by atoms with Gasteiger partial charge in [-0.2, -0.15) is 0 Å². The van der Waals surface area contributed by atoms with Crippen molar-refractivity contribution in [2.45, 2.75) is 4.90 Å². The molecule has 0 aliphatic carbocycles. The molecule has 0 aliphatic heterocycles. The summed E-state index contributed by atoms with van der Waals surface area (Å²) in [6.45, 7) is 7.87. The van der Waals surface area contributed by atoms with E-state index in [1.54, 1.807) is 18.2 Å². The van der Waals surface area contributed by atoms with Crippen molar-refractivity contribution in [2.75, 3.05) is 11.9 Å². The molecule has 0 saturated heterocycles. The molecule has 1 rings (SSSR count). The van der Waals surface area contributed by atoms with Crippen molar-refractivity contribution in [1.82, 2.24) is 0 Å². The van der Waals surface area contributed by atoms with E-state index >= 15 is 0 Å². The lowest BCUT2D eigenvalue weighted by Crippen LogP contribution is -2.12. The summed E-state index contributed by atoms with van der Waals surface area (Å²) in [5.74, 6) is 0. The standard InChI is InChI=1S/C13H15BrN2O2S/c1-3-5-10(4-2)9-16-13-7-6-11(8-12(13)14)19(15,17)18/h3-8,16H,1-2,9H2,(H2,15,17,18)/b10-5+. The maximum absolute atomic E-state index is 11.2. The van der Waals surface area contributed by atoms with Gasteiger partial charge < -0.3 is 5.32 Å². The molecule has 3 N–H and O–H groups in total. The Morgan fingerprint density at radius 1 is 1.42 bits per heavy atom. The van der Waals surface area contributed by atoms with Gasteiger partial charge in [-0.25, -0.2) is 13.6 Å². The van der Waals surface area contributed by atoms with Crippen LogP contribution in [-0.2, 0) is 10.0 Å². The molecular weight excluding hydrogens is 328 g/mol. The summed E-state index contributed by atoms with van der Waals surface area (Å²) in [4.78, 5) is 0.0653. The van der Waals surface area contributed by atoms with Crippen molar-refractivity contribution >= 4 is 31.6 Å². The van der Waals surface area contributed by atoms with E-state index in [-0.39, 0.29) is 4.90 Å². The SMILES string of the molecule is C=C/C=C(\C=C)CNc1ccc(S(N)(=O)=O)cc1Br. The minimum Gasteiger partial charge on any atom is -0.380 e. The van der Waals surface area contributed by atoms with Gasteiger partial charge in [0.05, 0.1) is 4.90 Å². The highest BCUT2D eigenvalue weighted by Crippen LogP contribution is 2.25. The van der Waals surface area contributed by atoms with E-state index in [4.69, 9.17) is 5.14 Å². The van der Waals surface area contributed by atoms with Crippen LogP contribution in [0.15, 0.2) is 64.5 Å². The third-order valence-corrected chi connectivity index (χ3v) is 3.91. The van der Waals surface area contributed by atoms with E-state index in [2.05, 4.69) is 34.4 Å². The summed E-state index contributed by atoms with van der Waals surface area (Å²) in [5.41, 5.74) is 1.74. The van der Waals surface area contributed by atoms with Gasteiger partial charge in [-0.1, -0.05) is 31.4 Å². The van der Waals surface area contributed by atoms with Gasteiger partial charge >= 0.3 is 0 Å². The highest BCUT2D eigenvalue weighted by Gasteiger charge is 2.10. The number of hydrogen-bond donors (Lipinski definition) is 2. The van der Waals surface area contributed by atoms with Crippen LogP contribution < -0.4 is 10.5 Å². The van der Waals surface area contributed by atoms with Crippen LogP contribution in [0.3, 0.4) is 0 Å². The molecular formula is C13H15BrN2O2S. The number of nitrogens with one attached hydrogen (secondary N) is 1. The zero-order valence-corrected chi connectivity index (χ0v) is 12.7. The van der Waals surface area contributed by atoms with Crippen molar-refractivity contribution in [1.29, 1.82) is 0 Å². The Morgan fingerprint density at radius 3 is 2.58 bits per heavy atom. The smallest absolute Gasteiger partial charge is 0.238 e. The largest absolute Gasteiger partial charge is 0.380 e. The van der Waals surface area contributed by atoms with Crippen molar-refractivity contribution in [2.24, 2.45) is 5.14 Å². The Balaban J connectivity index is 2.90. The summed E-state index contributed by atoms with van der Waals surface area (Å²) >= 11 is 3.30. The lowest BCUT2D eigenvalue weighted by molar-refractivity contribution is 0.598. The summed E-state index contributed by atoms with van der Waals surface area (Å²) in [7, 11) is -3.69. The third-order valence-electron chi connectivity index (χ3n) is 2.35. The van der Waals surface area contributed by atoms with Crippen molar-refractivity contribution in [3.05, 3.63) is 59.6 Å². The molecule has 0 heterocycles. The summed E-state index contributed by atoms with van der Waals surface area (Å²) in [6, 6.07) is 4.56. The lowest BCUT2D eigenvalue weighted by atomic mass is 10.2. The van der Waals surface area contributed by atoms with Gasteiger partial charge in [0.15, 0.2) is 0 Å². The monoisotopic (exact) mass is 342 g/mol. The first-order valence-electron chi connectivity index (χ1n) is 5.38. The predicted octanol–water partition coefficient (Wildman–Crippen LogP) is 2.81. The number of nitrogens with two attached hydrogens (primary N) is 1. The summed E-state index contributed by atoms with van der Waals surface area (Å²) < 4.78 is 23.0. The molecule has 0 amide bonds. The van der Waals surface area contributed by atoms with Gasteiger partial charge in [-0.15, -0.1) is 0 Å². The molecule has 0 bridgehead atoms. The molecule has 0 aliphatic rings. The fourth-order valence-corrected chi connectivity index (χ4v) is 2.57. The number of primary sulfonamides is 1. The lowest BCUT2D eigenvalue weighted by Gasteiger charge is -2.10. The second-order valence-corrected chi connectivity index (χ2v) is 6.14. The number of sulfonamides is 1. The normalized spacial score (nSPS) is 12.0. The molecule has 0 saturated carbocycles. The highest BCUT2D eigenvalue weighted by molar-refractivity contribution is 9.10. The Hall–Kier alpha value is -1.37. The number of rotatable bonds is 6. The molecule has 19 heavy (non-hydrogen) atoms. The van der Waals surface area contributed by atoms with Crippen LogP contribution in [0.4, 0.5) is 5.69 Å². The Labute approximate surface area is 121 Å². The van der Waals surface area contributed by atoms with Crippen LogP contribution in [0, 0.1) is 0 Å². The molecule has 0 spiro atoms. The summed E-state index contributed by atoms with van der Waals surface area (Å²) in [5, 5.41) is 8.21. The molecule has 0 radical (unpaired) electrons. The minimum absolute atomic E-state index is 0.0653. The fraction of sp³-hybridized carbons (Fsp3) is 0.0769. The van der Waals surface area contributed by atoms with Crippen LogP contribution in [0.5, 0.6) is 0 Å². The molecule has 0 fully saturated rings. The maximum atomic E-state index is 11.2. The number of allylic oxidation sites excluding steroid dienone is 2. The number of benzene rings is 1. The average molecular weight is 343 g/mol. The number of halogens is 1. The Bertz CT molecular complexity index is 622. The number of hydrogen-bond acceptors (Lipinski definition) is 3. The van der Waals surface area contributed by atoms with Crippen LogP contribution in [-0.4, -0.2) is 15.0 Å². The zero-order chi connectivity index (χ0) is 14.5. The fourth-order valence-electron chi connectivity index (χ4n) is 1.36. The maximum Gasteiger partial charge on any atom is 0.238 e. The molecule has 0 aromatic heterocycles. The highest BCUT2D eigenvalue weighted by atomic mass is 79.9. The molecule has 0 unspecified atom stereocenters. The van der Waals surface area contributed by atoms with Gasteiger partial charge in [0, 0.05) is 16.7 Å². The van der Waals surface area contributed by atoms with Crippen LogP contribution >= 0.6 is 15.9 Å². The second kappa shape index (κ2) is 6.70. The topological polar surface area (TPSA) is 72.2 Å². The summed E-state index contributed by atoms with van der Waals surface area (Å²) in [6.07, 6.45) is 5.24. The molecule has 1 aromatic carbocycles. The molecule has 0 atom stereocenters. The van der Waals surface area contributed by atoms with E-state index in [9.17, 15) is 8.42 Å². The van der Waals surface area contributed by atoms with Crippen molar-refractivity contribution < 1.29 is 8.42 Å². The molecule has 1 aromatic rings. The first kappa shape index (κ1) is 15.7. The van der Waals surface area contributed by atoms with Crippen molar-refractivity contribution in [3.63, 3.8) is 0 Å². The predicted molar refractivity (Wildman–Crippen MR) is 82.5 cm³/mol. The molecule has 4 nitrogen and oxygen atoms in total. The first-order valence-corrected chi connectivity index (χ1v) is 7.72. The van der Waals surface area contributed by atoms with E-state index in [1.807, 2.05) is 6.08 Å². The molecule has 6 heteroatoms. The minimum atomic E-state index is -3.69. The van der Waals surface area contributed by atoms with Crippen molar-refractivity contribution in [3.8, 4) is 0 Å². The van der Waals surface area contributed by atoms with Gasteiger partial charge in [0.1, 0.15) is 0 Å². The number of anilines is 1. The Kier molecular flexibility index (Phi) is 5.53. The van der Waals surface area contributed by atoms with E-state index < -0.39 is 10.0 Å². The zero-order valence-electron chi connectivity index (χ0n) is 10.3. The van der Waals surface area contributed by atoms with Gasteiger partial charge in [-0.3, -0.25) is 0 Å². The average Bonchev–Trinajstić information content (AvgIpc) is 2.34. The first-order chi connectivity index (χ1) is 8.88. The Morgan fingerprint density at radius 2 is 2.11 bits per heavy atom. The van der Waals surface area contributed by atoms with Crippen LogP contribution in [0.1, 0.15) is 0 Å². The van der Waals surface area contributed by atoms with Gasteiger partial charge in [0.2, 0.25) is 10.0 Å². The van der Waals surface area contributed by atoms with E-state index in [0.717, 1.165) is 11.3 Å². The van der Waals surface area contributed by atoms with Crippen LogP contribution in [0.2, 0.25) is 0 Å². The van der Waals surface area contributed by atoms with Gasteiger partial charge in [0.25, 0.3) is 0 Å². The van der Waals surface area contributed by atoms with E-state index in [0.29, 0.717) is 11.0 Å². The quantitative estimate of drug-likeness (QED) is 0.780. The van der Waals surface area contributed by atoms with E-state index in [1.165, 1.54) is 12.1 Å². The van der Waals surface area contributed by atoms with Gasteiger partial charge in [-0.05, 0) is 39.7 Å². The molecule has 102 valence electrons.